The van der Waals surface area contributed by atoms with Crippen molar-refractivity contribution in [2.45, 2.75) is 122 Å². The fraction of sp³-hybridized carbons (Fsp3) is 0.655. The molecule has 1 rings (SSSR count). The van der Waals surface area contributed by atoms with Crippen LogP contribution in [-0.2, 0) is 20.9 Å². The summed E-state index contributed by atoms with van der Waals surface area (Å²) in [5.74, 6) is -0.758. The van der Waals surface area contributed by atoms with Crippen molar-refractivity contribution >= 4 is 11.9 Å². The van der Waals surface area contributed by atoms with Gasteiger partial charge < -0.3 is 9.84 Å². The van der Waals surface area contributed by atoms with E-state index < -0.39 is 5.97 Å². The molecule has 0 amide bonds. The number of carbonyl (C=O) groups is 2. The van der Waals surface area contributed by atoms with Gasteiger partial charge in [0.2, 0.25) is 0 Å². The maximum Gasteiger partial charge on any atom is 0.306 e. The molecule has 0 heterocycles. The zero-order chi connectivity index (χ0) is 23.8. The van der Waals surface area contributed by atoms with E-state index in [1.807, 2.05) is 30.3 Å². The Morgan fingerprint density at radius 2 is 1.09 bits per heavy atom. The summed E-state index contributed by atoms with van der Waals surface area (Å²) in [6, 6.07) is 9.83. The molecule has 4 nitrogen and oxygen atoms in total. The van der Waals surface area contributed by atoms with Crippen LogP contribution in [0.3, 0.4) is 0 Å². The quantitative estimate of drug-likeness (QED) is 0.108. The first-order valence-corrected chi connectivity index (χ1v) is 13.2. The van der Waals surface area contributed by atoms with Gasteiger partial charge in [0.15, 0.2) is 0 Å². The largest absolute Gasteiger partial charge is 0.481 e. The molecule has 0 aliphatic carbocycles. The predicted molar refractivity (Wildman–Crippen MR) is 136 cm³/mol. The van der Waals surface area contributed by atoms with E-state index in [0.717, 1.165) is 31.2 Å². The van der Waals surface area contributed by atoms with Gasteiger partial charge in [0.1, 0.15) is 6.61 Å². The van der Waals surface area contributed by atoms with Crippen LogP contribution in [0, 0.1) is 0 Å². The molecule has 0 saturated carbocycles. The molecule has 0 aliphatic rings. The molecule has 0 radical (unpaired) electrons. The van der Waals surface area contributed by atoms with Gasteiger partial charge in [-0.1, -0.05) is 107 Å². The van der Waals surface area contributed by atoms with Gasteiger partial charge in [0, 0.05) is 12.8 Å². The Morgan fingerprint density at radius 1 is 0.636 bits per heavy atom. The molecule has 0 aliphatic heterocycles. The van der Waals surface area contributed by atoms with Gasteiger partial charge in [0.05, 0.1) is 0 Å². The van der Waals surface area contributed by atoms with E-state index in [2.05, 4.69) is 12.2 Å². The molecule has 1 aromatic carbocycles. The molecule has 0 unspecified atom stereocenters. The zero-order valence-corrected chi connectivity index (χ0v) is 20.6. The van der Waals surface area contributed by atoms with E-state index in [9.17, 15) is 9.59 Å². The van der Waals surface area contributed by atoms with E-state index in [4.69, 9.17) is 9.84 Å². The molecule has 0 atom stereocenters. The molecule has 0 bridgehead atoms. The molecule has 0 aromatic heterocycles. The van der Waals surface area contributed by atoms with Crippen LogP contribution in [0.15, 0.2) is 42.5 Å². The number of carboxylic acid groups (broad SMARTS) is 1. The van der Waals surface area contributed by atoms with Crippen LogP contribution in [0.4, 0.5) is 0 Å². The minimum absolute atomic E-state index is 0.0846. The third kappa shape index (κ3) is 20.3. The Morgan fingerprint density at radius 3 is 1.61 bits per heavy atom. The maximum atomic E-state index is 11.8. The minimum Gasteiger partial charge on any atom is -0.481 e. The van der Waals surface area contributed by atoms with Crippen LogP contribution >= 0.6 is 0 Å². The van der Waals surface area contributed by atoms with Gasteiger partial charge in [-0.3, -0.25) is 9.59 Å². The van der Waals surface area contributed by atoms with Crippen molar-refractivity contribution in [1.29, 1.82) is 0 Å². The number of carboxylic acids is 1. The van der Waals surface area contributed by atoms with Crippen LogP contribution in [0.25, 0.3) is 0 Å². The van der Waals surface area contributed by atoms with Crippen molar-refractivity contribution in [3.8, 4) is 0 Å². The summed E-state index contributed by atoms with van der Waals surface area (Å²) in [7, 11) is 0. The Balaban J connectivity index is 1.75. The third-order valence-corrected chi connectivity index (χ3v) is 5.92. The summed E-state index contributed by atoms with van der Waals surface area (Å²) >= 11 is 0. The highest BCUT2D eigenvalue weighted by Gasteiger charge is 2.03. The predicted octanol–water partition coefficient (Wildman–Crippen LogP) is 8.39. The van der Waals surface area contributed by atoms with Gasteiger partial charge in [0.25, 0.3) is 0 Å². The number of hydrogen-bond acceptors (Lipinski definition) is 3. The number of hydrogen-bond donors (Lipinski definition) is 1. The molecule has 33 heavy (non-hydrogen) atoms. The molecule has 0 fully saturated rings. The molecule has 0 saturated heterocycles. The van der Waals surface area contributed by atoms with Crippen LogP contribution in [0.2, 0.25) is 0 Å². The standard InChI is InChI=1S/C29H46O4/c30-28(31)24-20-15-13-11-9-7-5-3-1-2-4-6-8-10-12-14-16-21-25-29(32)33-26-27-22-18-17-19-23-27/h1-2,17-19,22-23H,3-16,20-21,24-26H2,(H,30,31)/b2-1-. The lowest BCUT2D eigenvalue weighted by Crippen LogP contribution is -2.04. The molecule has 1 N–H and O–H groups in total. The number of carbonyl (C=O) groups excluding carboxylic acids is 1. The summed E-state index contributed by atoms with van der Waals surface area (Å²) in [5, 5.41) is 8.59. The Bertz CT molecular complexity index is 624. The average molecular weight is 459 g/mol. The zero-order valence-electron chi connectivity index (χ0n) is 20.6. The molecular formula is C29H46O4. The molecule has 186 valence electrons. The lowest BCUT2D eigenvalue weighted by atomic mass is 10.1. The fourth-order valence-corrected chi connectivity index (χ4v) is 3.88. The number of aliphatic carboxylic acids is 1. The van der Waals surface area contributed by atoms with Gasteiger partial charge in [-0.25, -0.2) is 0 Å². The summed E-state index contributed by atoms with van der Waals surface area (Å²) in [6.45, 7) is 0.381. The van der Waals surface area contributed by atoms with Crippen molar-refractivity contribution in [3.63, 3.8) is 0 Å². The Kier molecular flexibility index (Phi) is 19.1. The highest BCUT2D eigenvalue weighted by atomic mass is 16.5. The van der Waals surface area contributed by atoms with Crippen LogP contribution in [0.1, 0.15) is 121 Å². The Labute approximate surface area is 201 Å². The van der Waals surface area contributed by atoms with E-state index in [1.54, 1.807) is 0 Å². The van der Waals surface area contributed by atoms with Gasteiger partial charge in [-0.15, -0.1) is 0 Å². The van der Waals surface area contributed by atoms with E-state index >= 15 is 0 Å². The first-order valence-electron chi connectivity index (χ1n) is 13.2. The number of ether oxygens (including phenoxy) is 1. The maximum absolute atomic E-state index is 11.8. The Hall–Kier alpha value is -2.10. The topological polar surface area (TPSA) is 63.6 Å². The highest BCUT2D eigenvalue weighted by molar-refractivity contribution is 5.69. The molecule has 4 heteroatoms. The van der Waals surface area contributed by atoms with Crippen molar-refractivity contribution in [2.75, 3.05) is 0 Å². The summed E-state index contributed by atoms with van der Waals surface area (Å²) in [4.78, 5) is 22.2. The third-order valence-electron chi connectivity index (χ3n) is 5.92. The second kappa shape index (κ2) is 21.7. The summed E-state index contributed by atoms with van der Waals surface area (Å²) in [6.07, 6.45) is 24.4. The van der Waals surface area contributed by atoms with Crippen molar-refractivity contribution < 1.29 is 19.4 Å². The number of esters is 1. The second-order valence-corrected chi connectivity index (χ2v) is 9.04. The lowest BCUT2D eigenvalue weighted by Gasteiger charge is -2.05. The SMILES string of the molecule is O=C(O)CCCCCCCCC/C=C\CCCCCCCCCC(=O)OCc1ccccc1. The van der Waals surface area contributed by atoms with Gasteiger partial charge in [-0.05, 0) is 44.1 Å². The summed E-state index contributed by atoms with van der Waals surface area (Å²) in [5.41, 5.74) is 1.04. The van der Waals surface area contributed by atoms with E-state index in [0.29, 0.717) is 19.4 Å². The summed E-state index contributed by atoms with van der Waals surface area (Å²) < 4.78 is 5.31. The van der Waals surface area contributed by atoms with Crippen LogP contribution in [0.5, 0.6) is 0 Å². The lowest BCUT2D eigenvalue weighted by molar-refractivity contribution is -0.145. The molecule has 1 aromatic rings. The number of benzene rings is 1. The number of allylic oxidation sites excluding steroid dienone is 2. The van der Waals surface area contributed by atoms with E-state index in [1.165, 1.54) is 77.0 Å². The van der Waals surface area contributed by atoms with Crippen LogP contribution < -0.4 is 0 Å². The number of rotatable bonds is 22. The van der Waals surface area contributed by atoms with Crippen LogP contribution in [-0.4, -0.2) is 17.0 Å². The second-order valence-electron chi connectivity index (χ2n) is 9.04. The molecule has 0 spiro atoms. The first kappa shape index (κ1) is 28.9. The first-order chi connectivity index (χ1) is 16.2. The van der Waals surface area contributed by atoms with Gasteiger partial charge in [-0.2, -0.15) is 0 Å². The van der Waals surface area contributed by atoms with E-state index in [-0.39, 0.29) is 5.97 Å². The smallest absolute Gasteiger partial charge is 0.306 e. The monoisotopic (exact) mass is 458 g/mol. The minimum atomic E-state index is -0.673. The fourth-order valence-electron chi connectivity index (χ4n) is 3.88. The molecular weight excluding hydrogens is 412 g/mol. The average Bonchev–Trinajstić information content (AvgIpc) is 2.82. The highest BCUT2D eigenvalue weighted by Crippen LogP contribution is 2.12. The van der Waals surface area contributed by atoms with Crippen molar-refractivity contribution in [2.24, 2.45) is 0 Å². The number of unbranched alkanes of at least 4 members (excludes halogenated alkanes) is 14. The van der Waals surface area contributed by atoms with Gasteiger partial charge >= 0.3 is 11.9 Å². The van der Waals surface area contributed by atoms with Crippen molar-refractivity contribution in [1.82, 2.24) is 0 Å². The van der Waals surface area contributed by atoms with Crippen molar-refractivity contribution in [3.05, 3.63) is 48.0 Å². The normalized spacial score (nSPS) is 11.2.